The Hall–Kier alpha value is -2.70. The van der Waals surface area contributed by atoms with Crippen molar-refractivity contribution in [3.05, 3.63) is 65.7 Å². The number of carbonyl (C=O) groups is 2. The van der Waals surface area contributed by atoms with Crippen molar-refractivity contribution in [2.24, 2.45) is 0 Å². The summed E-state index contributed by atoms with van der Waals surface area (Å²) in [5.41, 5.74) is 2.59. The molecule has 0 saturated carbocycles. The Labute approximate surface area is 151 Å². The van der Waals surface area contributed by atoms with E-state index in [9.17, 15) is 9.59 Å². The summed E-state index contributed by atoms with van der Waals surface area (Å²) in [7, 11) is 1.27. The first-order valence-electron chi connectivity index (χ1n) is 8.41. The van der Waals surface area contributed by atoms with Gasteiger partial charge in [0.05, 0.1) is 13.7 Å². The lowest BCUT2D eigenvalue weighted by Crippen LogP contribution is -2.54. The molecule has 2 bridgehead atoms. The van der Waals surface area contributed by atoms with Gasteiger partial charge in [-0.1, -0.05) is 48.0 Å². The highest BCUT2D eigenvalue weighted by Crippen LogP contribution is 2.44. The highest BCUT2D eigenvalue weighted by atomic mass is 16.8. The summed E-state index contributed by atoms with van der Waals surface area (Å²) in [6.45, 7) is 2.14. The number of hydrogen-bond donors (Lipinski definition) is 0. The molecule has 6 heteroatoms. The summed E-state index contributed by atoms with van der Waals surface area (Å²) in [5, 5.41) is 0. The highest BCUT2D eigenvalue weighted by Gasteiger charge is 2.60. The van der Waals surface area contributed by atoms with E-state index >= 15 is 0 Å². The van der Waals surface area contributed by atoms with Crippen LogP contribution in [0.1, 0.15) is 11.1 Å². The number of esters is 1. The summed E-state index contributed by atoms with van der Waals surface area (Å²) in [4.78, 5) is 26.8. The molecule has 0 radical (unpaired) electrons. The number of fused-ring (bicyclic) bond motifs is 2. The molecule has 0 N–H and O–H groups in total. The Morgan fingerprint density at radius 2 is 1.81 bits per heavy atom. The van der Waals surface area contributed by atoms with E-state index in [2.05, 4.69) is 0 Å². The van der Waals surface area contributed by atoms with Crippen LogP contribution in [0.5, 0.6) is 0 Å². The molecule has 2 fully saturated rings. The Morgan fingerprint density at radius 3 is 2.46 bits per heavy atom. The maximum Gasteiger partial charge on any atom is 0.338 e. The van der Waals surface area contributed by atoms with E-state index in [4.69, 9.17) is 14.2 Å². The number of anilines is 1. The Balaban J connectivity index is 1.78. The number of nitrogens with zero attached hydrogens (tertiary/aromatic N) is 1. The summed E-state index contributed by atoms with van der Waals surface area (Å²) in [6.07, 6.45) is -2.14. The monoisotopic (exact) mass is 353 g/mol. The second-order valence-corrected chi connectivity index (χ2v) is 6.48. The van der Waals surface area contributed by atoms with Crippen molar-refractivity contribution in [2.45, 2.75) is 24.9 Å². The molecule has 26 heavy (non-hydrogen) atoms. The zero-order valence-corrected chi connectivity index (χ0v) is 14.5. The first-order chi connectivity index (χ1) is 12.5. The van der Waals surface area contributed by atoms with Gasteiger partial charge in [0.15, 0.2) is 12.2 Å². The van der Waals surface area contributed by atoms with Gasteiger partial charge < -0.3 is 19.1 Å². The molecule has 2 aromatic rings. The van der Waals surface area contributed by atoms with E-state index in [1.165, 1.54) is 7.11 Å². The van der Waals surface area contributed by atoms with Crippen LogP contribution in [0, 0.1) is 6.92 Å². The molecular weight excluding hydrogens is 334 g/mol. The van der Waals surface area contributed by atoms with Gasteiger partial charge in [0.25, 0.3) is 5.91 Å². The first kappa shape index (κ1) is 16.8. The van der Waals surface area contributed by atoms with Gasteiger partial charge in [-0.15, -0.1) is 0 Å². The molecule has 6 nitrogen and oxygen atoms in total. The SMILES string of the molecule is COC(=O)[C@@H]1O[C@@]2(c3ccccc3)CN(c3ccc(C)cc3)C(=O)[C@@H]1O2. The molecule has 2 aliphatic rings. The van der Waals surface area contributed by atoms with Crippen LogP contribution in [0.15, 0.2) is 54.6 Å². The zero-order valence-electron chi connectivity index (χ0n) is 14.5. The minimum atomic E-state index is -1.20. The number of aryl methyl sites for hydroxylation is 1. The average Bonchev–Trinajstić information content (AvgIpc) is 3.02. The van der Waals surface area contributed by atoms with Crippen molar-refractivity contribution < 1.29 is 23.8 Å². The topological polar surface area (TPSA) is 65.1 Å². The van der Waals surface area contributed by atoms with Crippen LogP contribution in [-0.4, -0.2) is 37.7 Å². The number of carbonyl (C=O) groups excluding carboxylic acids is 2. The number of amides is 1. The predicted molar refractivity (Wildman–Crippen MR) is 93.4 cm³/mol. The van der Waals surface area contributed by atoms with Gasteiger partial charge in [-0.3, -0.25) is 4.79 Å². The number of hydrogen-bond acceptors (Lipinski definition) is 5. The fourth-order valence-corrected chi connectivity index (χ4v) is 3.41. The van der Waals surface area contributed by atoms with Crippen LogP contribution >= 0.6 is 0 Å². The zero-order chi connectivity index (χ0) is 18.3. The maximum absolute atomic E-state index is 13.0. The fraction of sp³-hybridized carbons (Fsp3) is 0.300. The van der Waals surface area contributed by atoms with Crippen molar-refractivity contribution in [1.82, 2.24) is 0 Å². The molecule has 2 saturated heterocycles. The van der Waals surface area contributed by atoms with Crippen molar-refractivity contribution in [1.29, 1.82) is 0 Å². The van der Waals surface area contributed by atoms with E-state index in [-0.39, 0.29) is 12.5 Å². The molecule has 3 atom stereocenters. The summed E-state index contributed by atoms with van der Waals surface area (Å²) in [5.74, 6) is -2.14. The van der Waals surface area contributed by atoms with E-state index in [1.54, 1.807) is 4.90 Å². The number of morpholine rings is 1. The lowest BCUT2D eigenvalue weighted by molar-refractivity contribution is -0.194. The van der Waals surface area contributed by atoms with E-state index in [0.29, 0.717) is 0 Å². The number of rotatable bonds is 3. The van der Waals surface area contributed by atoms with Gasteiger partial charge in [-0.25, -0.2) is 4.79 Å². The molecule has 0 spiro atoms. The van der Waals surface area contributed by atoms with Gasteiger partial charge in [0, 0.05) is 11.3 Å². The summed E-state index contributed by atoms with van der Waals surface area (Å²) >= 11 is 0. The number of benzene rings is 2. The minimum Gasteiger partial charge on any atom is -0.467 e. The fourth-order valence-electron chi connectivity index (χ4n) is 3.41. The van der Waals surface area contributed by atoms with E-state index in [0.717, 1.165) is 16.8 Å². The minimum absolute atomic E-state index is 0.156. The third kappa shape index (κ3) is 2.58. The van der Waals surface area contributed by atoms with Crippen molar-refractivity contribution in [3.8, 4) is 0 Å². The highest BCUT2D eigenvalue weighted by molar-refractivity contribution is 6.01. The van der Waals surface area contributed by atoms with Crippen molar-refractivity contribution >= 4 is 17.6 Å². The number of ether oxygens (including phenoxy) is 3. The molecule has 134 valence electrons. The molecule has 2 heterocycles. The Bertz CT molecular complexity index is 835. The van der Waals surface area contributed by atoms with Gasteiger partial charge in [0.2, 0.25) is 5.79 Å². The standard InChI is InChI=1S/C20H19NO5/c1-13-8-10-15(11-9-13)21-12-20(14-6-4-3-5-7-14)25-16(18(21)22)17(26-20)19(23)24-2/h3-11,16-17H,12H2,1-2H3/t16-,17-,20-/m1/s1. The second-order valence-electron chi connectivity index (χ2n) is 6.48. The van der Waals surface area contributed by atoms with Crippen LogP contribution in [0.3, 0.4) is 0 Å². The van der Waals surface area contributed by atoms with Gasteiger partial charge in [-0.05, 0) is 19.1 Å². The average molecular weight is 353 g/mol. The molecule has 4 rings (SSSR count). The van der Waals surface area contributed by atoms with Gasteiger partial charge >= 0.3 is 5.97 Å². The van der Waals surface area contributed by atoms with Crippen LogP contribution < -0.4 is 4.90 Å². The van der Waals surface area contributed by atoms with Crippen LogP contribution in [0.4, 0.5) is 5.69 Å². The molecule has 0 aromatic heterocycles. The largest absolute Gasteiger partial charge is 0.467 e. The van der Waals surface area contributed by atoms with Crippen molar-refractivity contribution in [3.63, 3.8) is 0 Å². The van der Waals surface area contributed by atoms with Crippen LogP contribution in [0.2, 0.25) is 0 Å². The van der Waals surface area contributed by atoms with E-state index < -0.39 is 24.0 Å². The van der Waals surface area contributed by atoms with Crippen LogP contribution in [-0.2, 0) is 29.6 Å². The quantitative estimate of drug-likeness (QED) is 0.791. The number of methoxy groups -OCH3 is 1. The second kappa shape index (κ2) is 6.23. The Kier molecular flexibility index (Phi) is 4.01. The lowest BCUT2D eigenvalue weighted by Gasteiger charge is -2.38. The van der Waals surface area contributed by atoms with E-state index in [1.807, 2.05) is 61.5 Å². The lowest BCUT2D eigenvalue weighted by atomic mass is 10.0. The molecule has 0 aliphatic carbocycles. The molecular formula is C20H19NO5. The third-order valence-electron chi connectivity index (χ3n) is 4.78. The first-order valence-corrected chi connectivity index (χ1v) is 8.41. The van der Waals surface area contributed by atoms with Crippen LogP contribution in [0.25, 0.3) is 0 Å². The summed E-state index contributed by atoms with van der Waals surface area (Å²) in [6, 6.07) is 17.0. The summed E-state index contributed by atoms with van der Waals surface area (Å²) < 4.78 is 16.8. The molecule has 1 amide bonds. The normalized spacial score (nSPS) is 27.5. The predicted octanol–water partition coefficient (Wildman–Crippen LogP) is 2.15. The van der Waals surface area contributed by atoms with Gasteiger partial charge in [0.1, 0.15) is 0 Å². The third-order valence-corrected chi connectivity index (χ3v) is 4.78. The molecule has 0 unspecified atom stereocenters. The molecule has 2 aliphatic heterocycles. The van der Waals surface area contributed by atoms with Gasteiger partial charge in [-0.2, -0.15) is 0 Å². The smallest absolute Gasteiger partial charge is 0.338 e. The molecule has 2 aromatic carbocycles. The van der Waals surface area contributed by atoms with Crippen molar-refractivity contribution in [2.75, 3.05) is 18.6 Å². The Morgan fingerprint density at radius 1 is 1.12 bits per heavy atom. The maximum atomic E-state index is 13.0.